The van der Waals surface area contributed by atoms with Gasteiger partial charge in [0.25, 0.3) is 6.47 Å². The minimum Gasteiger partial charge on any atom is -0.483 e. The number of halogens is 1. The highest BCUT2D eigenvalue weighted by Gasteiger charge is 2.30. The Bertz CT molecular complexity index is 1140. The fourth-order valence-corrected chi connectivity index (χ4v) is 4.11. The van der Waals surface area contributed by atoms with Crippen molar-refractivity contribution in [3.63, 3.8) is 0 Å². The van der Waals surface area contributed by atoms with E-state index in [1.807, 2.05) is 6.07 Å². The Morgan fingerprint density at radius 3 is 2.78 bits per heavy atom. The minimum atomic E-state index is -0.475. The number of fused-ring (bicyclic) bond motifs is 2. The van der Waals surface area contributed by atoms with Crippen molar-refractivity contribution in [2.75, 3.05) is 47.8 Å². The van der Waals surface area contributed by atoms with Gasteiger partial charge in [0.1, 0.15) is 5.82 Å². The van der Waals surface area contributed by atoms with Gasteiger partial charge in [-0.3, -0.25) is 9.69 Å². The number of piperazine rings is 1. The molecule has 32 heavy (non-hydrogen) atoms. The molecule has 3 aromatic rings. The summed E-state index contributed by atoms with van der Waals surface area (Å²) in [5.74, 6) is 0.204. The number of aryl methyl sites for hydroxylation is 1. The lowest BCUT2D eigenvalue weighted by molar-refractivity contribution is -0.122. The zero-order chi connectivity index (χ0) is 22.7. The maximum atomic E-state index is 14.3. The molecule has 0 atom stereocenters. The molecule has 0 spiro atoms. The van der Waals surface area contributed by atoms with Gasteiger partial charge in [-0.05, 0) is 19.4 Å². The number of hydrogen-bond acceptors (Lipinski definition) is 6. The Kier molecular flexibility index (Phi) is 6.17. The fraction of sp³-hybridized carbons (Fsp3) is 0.333. The second kappa shape index (κ2) is 9.18. The summed E-state index contributed by atoms with van der Waals surface area (Å²) in [5, 5.41) is 13.0. The first-order valence-corrected chi connectivity index (χ1v) is 10.3. The van der Waals surface area contributed by atoms with Crippen LogP contribution in [0.15, 0.2) is 30.7 Å². The van der Waals surface area contributed by atoms with Gasteiger partial charge in [0.15, 0.2) is 11.5 Å². The van der Waals surface area contributed by atoms with Crippen LogP contribution in [0, 0.1) is 12.7 Å². The predicted octanol–water partition coefficient (Wildman–Crippen LogP) is 1.88. The lowest BCUT2D eigenvalue weighted by Crippen LogP contribution is -2.43. The summed E-state index contributed by atoms with van der Waals surface area (Å²) in [5.41, 5.74) is 3.58. The van der Waals surface area contributed by atoms with E-state index < -0.39 is 5.82 Å². The number of nitrogens with one attached hydrogen (secondary N) is 2. The molecular weight excluding hydrogens is 417 g/mol. The van der Waals surface area contributed by atoms with Crippen LogP contribution in [0.1, 0.15) is 11.3 Å². The molecule has 1 fully saturated rings. The number of carbonyl (C=O) groups excluding carboxylic acids is 1. The highest BCUT2D eigenvalue weighted by molar-refractivity contribution is 6.03. The van der Waals surface area contributed by atoms with E-state index in [4.69, 9.17) is 9.90 Å². The van der Waals surface area contributed by atoms with Crippen molar-refractivity contribution in [1.82, 2.24) is 19.7 Å². The number of carbonyl (C=O) groups is 2. The Hall–Kier alpha value is -3.73. The predicted molar refractivity (Wildman–Crippen MR) is 118 cm³/mol. The van der Waals surface area contributed by atoms with Crippen molar-refractivity contribution in [1.29, 1.82) is 0 Å². The van der Waals surface area contributed by atoms with Gasteiger partial charge in [-0.15, -0.1) is 0 Å². The molecule has 2 aliphatic rings. The largest absolute Gasteiger partial charge is 0.483 e. The molecule has 0 aliphatic carbocycles. The second-order valence-electron chi connectivity index (χ2n) is 7.50. The van der Waals surface area contributed by atoms with Crippen LogP contribution < -0.4 is 20.4 Å². The smallest absolute Gasteiger partial charge is 0.327 e. The van der Waals surface area contributed by atoms with Gasteiger partial charge in [0.2, 0.25) is 0 Å². The third kappa shape index (κ3) is 4.19. The fourth-order valence-electron chi connectivity index (χ4n) is 4.11. The molecular formula is C21H24FN7O3. The normalized spacial score (nSPS) is 15.2. The van der Waals surface area contributed by atoms with Crippen molar-refractivity contribution >= 4 is 35.3 Å². The summed E-state index contributed by atoms with van der Waals surface area (Å²) < 4.78 is 15.9. The molecule has 0 radical (unpaired) electrons. The maximum Gasteiger partial charge on any atom is 0.327 e. The number of anilines is 3. The van der Waals surface area contributed by atoms with Crippen LogP contribution in [0.4, 0.5) is 26.4 Å². The average molecular weight is 441 g/mol. The number of nitrogens with zero attached hydrogens (tertiary/aromatic N) is 5. The van der Waals surface area contributed by atoms with Gasteiger partial charge >= 0.3 is 6.03 Å². The zero-order valence-corrected chi connectivity index (χ0v) is 17.6. The SMILES string of the molecule is Cc1cn2cc(NC(=O)N3CCc4c(N5CCNCC5)ccnc43)cc(F)c2n1.O=CO. The molecule has 1 saturated heterocycles. The number of urea groups is 1. The van der Waals surface area contributed by atoms with Crippen LogP contribution in [-0.4, -0.2) is 64.7 Å². The summed E-state index contributed by atoms with van der Waals surface area (Å²) in [7, 11) is 0. The van der Waals surface area contributed by atoms with E-state index in [9.17, 15) is 9.18 Å². The lowest BCUT2D eigenvalue weighted by Gasteiger charge is -2.31. The lowest BCUT2D eigenvalue weighted by atomic mass is 10.1. The Balaban J connectivity index is 0.000000775. The van der Waals surface area contributed by atoms with Crippen molar-refractivity contribution in [3.05, 3.63) is 47.8 Å². The number of imidazole rings is 1. The molecule has 10 nitrogen and oxygen atoms in total. The molecule has 2 aliphatic heterocycles. The Morgan fingerprint density at radius 2 is 2.03 bits per heavy atom. The van der Waals surface area contributed by atoms with Crippen LogP contribution in [0.3, 0.4) is 0 Å². The van der Waals surface area contributed by atoms with E-state index >= 15 is 0 Å². The average Bonchev–Trinajstić information content (AvgIpc) is 3.38. The highest BCUT2D eigenvalue weighted by atomic mass is 19.1. The molecule has 0 aromatic carbocycles. The van der Waals surface area contributed by atoms with Gasteiger partial charge in [0, 0.05) is 68.6 Å². The molecule has 0 unspecified atom stereocenters. The first kappa shape index (κ1) is 21.5. The monoisotopic (exact) mass is 441 g/mol. The Morgan fingerprint density at radius 1 is 1.28 bits per heavy atom. The molecule has 0 saturated carbocycles. The minimum absolute atomic E-state index is 0.245. The Labute approximate surface area is 183 Å². The van der Waals surface area contributed by atoms with E-state index in [1.54, 1.807) is 34.8 Å². The highest BCUT2D eigenvalue weighted by Crippen LogP contribution is 2.34. The quantitative estimate of drug-likeness (QED) is 0.520. The second-order valence-corrected chi connectivity index (χ2v) is 7.50. The standard InChI is InChI=1S/C20H22FN7O.CH2O2/c1-13-11-27-12-14(10-16(21)19(27)24-13)25-20(29)28-7-3-15-17(2-4-23-18(15)28)26-8-5-22-6-9-26;2-1-3/h2,4,10-12,22H,3,5-9H2,1H3,(H,25,29);1H,(H,2,3). The first-order valence-electron chi connectivity index (χ1n) is 10.3. The summed E-state index contributed by atoms with van der Waals surface area (Å²) in [6.07, 6.45) is 5.89. The molecule has 11 heteroatoms. The molecule has 3 aromatic heterocycles. The molecule has 168 valence electrons. The number of amides is 2. The number of pyridine rings is 2. The van der Waals surface area contributed by atoms with Gasteiger partial charge < -0.3 is 25.0 Å². The van der Waals surface area contributed by atoms with E-state index in [0.717, 1.165) is 43.9 Å². The van der Waals surface area contributed by atoms with Crippen LogP contribution in [0.25, 0.3) is 5.65 Å². The number of aromatic nitrogens is 3. The zero-order valence-electron chi connectivity index (χ0n) is 17.6. The third-order valence-corrected chi connectivity index (χ3v) is 5.43. The van der Waals surface area contributed by atoms with E-state index in [0.29, 0.717) is 23.7 Å². The van der Waals surface area contributed by atoms with E-state index in [1.165, 1.54) is 6.07 Å². The number of rotatable bonds is 2. The summed E-state index contributed by atoms with van der Waals surface area (Å²) in [6.45, 7) is 5.87. The summed E-state index contributed by atoms with van der Waals surface area (Å²) in [6, 6.07) is 3.00. The van der Waals surface area contributed by atoms with Crippen molar-refractivity contribution in [3.8, 4) is 0 Å². The van der Waals surface area contributed by atoms with Crippen molar-refractivity contribution in [2.24, 2.45) is 0 Å². The molecule has 5 heterocycles. The van der Waals surface area contributed by atoms with Gasteiger partial charge in [0.05, 0.1) is 11.4 Å². The van der Waals surface area contributed by atoms with E-state index in [-0.39, 0.29) is 18.2 Å². The van der Waals surface area contributed by atoms with Gasteiger partial charge in [-0.2, -0.15) is 0 Å². The van der Waals surface area contributed by atoms with Crippen LogP contribution in [0.5, 0.6) is 0 Å². The molecule has 0 bridgehead atoms. The van der Waals surface area contributed by atoms with Crippen LogP contribution in [-0.2, 0) is 11.2 Å². The van der Waals surface area contributed by atoms with Crippen LogP contribution >= 0.6 is 0 Å². The number of hydrogen-bond donors (Lipinski definition) is 3. The van der Waals surface area contributed by atoms with Gasteiger partial charge in [-0.1, -0.05) is 0 Å². The van der Waals surface area contributed by atoms with Crippen molar-refractivity contribution < 1.29 is 19.1 Å². The van der Waals surface area contributed by atoms with E-state index in [2.05, 4.69) is 25.5 Å². The van der Waals surface area contributed by atoms with Crippen molar-refractivity contribution in [2.45, 2.75) is 13.3 Å². The molecule has 5 rings (SSSR count). The summed E-state index contributed by atoms with van der Waals surface area (Å²) in [4.78, 5) is 33.8. The molecule has 3 N–H and O–H groups in total. The third-order valence-electron chi connectivity index (χ3n) is 5.43. The number of carboxylic acid groups (broad SMARTS) is 1. The summed E-state index contributed by atoms with van der Waals surface area (Å²) >= 11 is 0. The first-order chi connectivity index (χ1) is 15.5. The topological polar surface area (TPSA) is 115 Å². The van der Waals surface area contributed by atoms with Gasteiger partial charge in [-0.25, -0.2) is 19.2 Å². The molecule has 2 amide bonds. The maximum absolute atomic E-state index is 14.3. The van der Waals surface area contributed by atoms with Crippen LogP contribution in [0.2, 0.25) is 0 Å².